The van der Waals surface area contributed by atoms with E-state index in [0.29, 0.717) is 0 Å². The fourth-order valence-corrected chi connectivity index (χ4v) is 2.61. The zero-order valence-electron chi connectivity index (χ0n) is 11.4. The van der Waals surface area contributed by atoms with E-state index in [1.54, 1.807) is 0 Å². The normalized spacial score (nSPS) is 15.5. The molecule has 0 aromatic carbocycles. The van der Waals surface area contributed by atoms with Gasteiger partial charge in [0.05, 0.1) is 5.02 Å². The van der Waals surface area contributed by atoms with Crippen molar-refractivity contribution in [3.63, 3.8) is 0 Å². The smallest absolute Gasteiger partial charge is 0.359 e. The standard InChI is InChI=1S/C14H16Cl2N2O3/c15-10-6-7-11(16)18-13(10)14(20)21-8-12(19)17-9-4-2-1-3-5-9/h6-7,9H,1-5,8H2,(H,17,19). The molecule has 0 aliphatic heterocycles. The molecule has 0 radical (unpaired) electrons. The van der Waals surface area contributed by atoms with Crippen LogP contribution in [0.15, 0.2) is 12.1 Å². The van der Waals surface area contributed by atoms with Crippen molar-refractivity contribution >= 4 is 35.1 Å². The van der Waals surface area contributed by atoms with Gasteiger partial charge in [-0.25, -0.2) is 9.78 Å². The molecule has 1 N–H and O–H groups in total. The third-order valence-corrected chi connectivity index (χ3v) is 3.83. The maximum absolute atomic E-state index is 11.8. The number of amides is 1. The van der Waals surface area contributed by atoms with Crippen molar-refractivity contribution < 1.29 is 14.3 Å². The molecule has 5 nitrogen and oxygen atoms in total. The van der Waals surface area contributed by atoms with Gasteiger partial charge < -0.3 is 10.1 Å². The largest absolute Gasteiger partial charge is 0.451 e. The summed E-state index contributed by atoms with van der Waals surface area (Å²) in [5.41, 5.74) is -0.0883. The number of carbonyl (C=O) groups excluding carboxylic acids is 2. The maximum atomic E-state index is 11.8. The monoisotopic (exact) mass is 330 g/mol. The first-order valence-electron chi connectivity index (χ1n) is 6.85. The Morgan fingerprint density at radius 3 is 2.67 bits per heavy atom. The summed E-state index contributed by atoms with van der Waals surface area (Å²) < 4.78 is 4.91. The summed E-state index contributed by atoms with van der Waals surface area (Å²) in [6.45, 7) is -0.347. The third kappa shape index (κ3) is 4.86. The van der Waals surface area contributed by atoms with Gasteiger partial charge >= 0.3 is 5.97 Å². The Kier molecular flexibility index (Phi) is 5.82. The van der Waals surface area contributed by atoms with Crippen LogP contribution in [0.3, 0.4) is 0 Å². The molecule has 1 amide bonds. The summed E-state index contributed by atoms with van der Waals surface area (Å²) >= 11 is 11.5. The van der Waals surface area contributed by atoms with Crippen LogP contribution >= 0.6 is 23.2 Å². The second kappa shape index (κ2) is 7.61. The Labute approximate surface area is 133 Å². The lowest BCUT2D eigenvalue weighted by atomic mass is 9.95. The molecule has 1 fully saturated rings. The number of nitrogens with one attached hydrogen (secondary N) is 1. The van der Waals surface area contributed by atoms with Crippen molar-refractivity contribution in [2.45, 2.75) is 38.1 Å². The second-order valence-corrected chi connectivity index (χ2v) is 5.74. The Morgan fingerprint density at radius 2 is 1.95 bits per heavy atom. The molecule has 2 rings (SSSR count). The number of ether oxygens (including phenoxy) is 1. The Morgan fingerprint density at radius 1 is 1.24 bits per heavy atom. The first kappa shape index (κ1) is 16.0. The molecule has 1 aromatic heterocycles. The molecule has 1 saturated carbocycles. The van der Waals surface area contributed by atoms with E-state index in [9.17, 15) is 9.59 Å². The zero-order chi connectivity index (χ0) is 15.2. The van der Waals surface area contributed by atoms with Crippen LogP contribution < -0.4 is 5.32 Å². The van der Waals surface area contributed by atoms with E-state index in [-0.39, 0.29) is 34.4 Å². The quantitative estimate of drug-likeness (QED) is 0.680. The molecule has 1 aliphatic rings. The van der Waals surface area contributed by atoms with Crippen molar-refractivity contribution in [1.82, 2.24) is 10.3 Å². The minimum absolute atomic E-state index is 0.0883. The first-order chi connectivity index (χ1) is 10.1. The van der Waals surface area contributed by atoms with Crippen LogP contribution in [0.5, 0.6) is 0 Å². The van der Waals surface area contributed by atoms with Crippen LogP contribution in [0.25, 0.3) is 0 Å². The van der Waals surface area contributed by atoms with E-state index in [1.807, 2.05) is 0 Å². The van der Waals surface area contributed by atoms with E-state index >= 15 is 0 Å². The fourth-order valence-electron chi connectivity index (χ4n) is 2.28. The summed E-state index contributed by atoms with van der Waals surface area (Å²) in [6.07, 6.45) is 5.39. The van der Waals surface area contributed by atoms with Gasteiger partial charge in [-0.3, -0.25) is 4.79 Å². The van der Waals surface area contributed by atoms with Crippen LogP contribution in [0.2, 0.25) is 10.2 Å². The van der Waals surface area contributed by atoms with Crippen molar-refractivity contribution in [3.05, 3.63) is 28.0 Å². The lowest BCUT2D eigenvalue weighted by Crippen LogP contribution is -2.38. The lowest BCUT2D eigenvalue weighted by Gasteiger charge is -2.22. The number of nitrogens with zero attached hydrogens (tertiary/aromatic N) is 1. The van der Waals surface area contributed by atoms with Crippen LogP contribution in [-0.2, 0) is 9.53 Å². The van der Waals surface area contributed by atoms with Gasteiger partial charge in [0.2, 0.25) is 0 Å². The van der Waals surface area contributed by atoms with Gasteiger partial charge in [0, 0.05) is 6.04 Å². The SMILES string of the molecule is O=C(COC(=O)c1nc(Cl)ccc1Cl)NC1CCCCC1. The lowest BCUT2D eigenvalue weighted by molar-refractivity contribution is -0.125. The number of pyridine rings is 1. The highest BCUT2D eigenvalue weighted by Gasteiger charge is 2.19. The predicted molar refractivity (Wildman–Crippen MR) is 79.6 cm³/mol. The van der Waals surface area contributed by atoms with E-state index in [2.05, 4.69) is 10.3 Å². The molecular formula is C14H16Cl2N2O3. The van der Waals surface area contributed by atoms with Gasteiger partial charge in [0.25, 0.3) is 5.91 Å². The molecule has 1 heterocycles. The van der Waals surface area contributed by atoms with Gasteiger partial charge in [0.15, 0.2) is 12.3 Å². The number of hydrogen-bond donors (Lipinski definition) is 1. The number of hydrogen-bond acceptors (Lipinski definition) is 4. The number of aromatic nitrogens is 1. The van der Waals surface area contributed by atoms with Crippen molar-refractivity contribution in [1.29, 1.82) is 0 Å². The van der Waals surface area contributed by atoms with Gasteiger partial charge in [0.1, 0.15) is 5.15 Å². The second-order valence-electron chi connectivity index (χ2n) is 4.94. The molecule has 0 spiro atoms. The summed E-state index contributed by atoms with van der Waals surface area (Å²) in [5, 5.41) is 3.13. The molecule has 21 heavy (non-hydrogen) atoms. The molecule has 0 saturated heterocycles. The van der Waals surface area contributed by atoms with Crippen molar-refractivity contribution in [2.75, 3.05) is 6.61 Å². The summed E-state index contributed by atoms with van der Waals surface area (Å²) in [5.74, 6) is -1.07. The number of esters is 1. The third-order valence-electron chi connectivity index (χ3n) is 3.31. The highest BCUT2D eigenvalue weighted by molar-refractivity contribution is 6.34. The van der Waals surface area contributed by atoms with Crippen LogP contribution in [0.1, 0.15) is 42.6 Å². The number of carbonyl (C=O) groups is 2. The molecule has 0 atom stereocenters. The zero-order valence-corrected chi connectivity index (χ0v) is 12.9. The average molecular weight is 331 g/mol. The Balaban J connectivity index is 1.82. The Hall–Kier alpha value is -1.33. The summed E-state index contributed by atoms with van der Waals surface area (Å²) in [7, 11) is 0. The fraction of sp³-hybridized carbons (Fsp3) is 0.500. The molecule has 1 aromatic rings. The van der Waals surface area contributed by atoms with Crippen LogP contribution in [0.4, 0.5) is 0 Å². The maximum Gasteiger partial charge on any atom is 0.359 e. The summed E-state index contributed by atoms with van der Waals surface area (Å²) in [6, 6.07) is 3.10. The highest BCUT2D eigenvalue weighted by atomic mass is 35.5. The van der Waals surface area contributed by atoms with Gasteiger partial charge in [-0.05, 0) is 25.0 Å². The van der Waals surface area contributed by atoms with E-state index < -0.39 is 5.97 Å². The summed E-state index contributed by atoms with van der Waals surface area (Å²) in [4.78, 5) is 27.3. The van der Waals surface area contributed by atoms with Gasteiger partial charge in [-0.15, -0.1) is 0 Å². The van der Waals surface area contributed by atoms with Crippen molar-refractivity contribution in [3.8, 4) is 0 Å². The minimum atomic E-state index is -0.763. The average Bonchev–Trinajstić information content (AvgIpc) is 2.48. The van der Waals surface area contributed by atoms with E-state index in [4.69, 9.17) is 27.9 Å². The molecule has 114 valence electrons. The molecule has 7 heteroatoms. The highest BCUT2D eigenvalue weighted by Crippen LogP contribution is 2.18. The molecule has 0 bridgehead atoms. The van der Waals surface area contributed by atoms with Crippen molar-refractivity contribution in [2.24, 2.45) is 0 Å². The Bertz CT molecular complexity index is 531. The molecule has 1 aliphatic carbocycles. The minimum Gasteiger partial charge on any atom is -0.451 e. The van der Waals surface area contributed by atoms with Gasteiger partial charge in [-0.2, -0.15) is 0 Å². The van der Waals surface area contributed by atoms with E-state index in [0.717, 1.165) is 25.7 Å². The number of rotatable bonds is 4. The predicted octanol–water partition coefficient (Wildman–Crippen LogP) is 2.99. The molecule has 0 unspecified atom stereocenters. The first-order valence-corrected chi connectivity index (χ1v) is 7.60. The molecular weight excluding hydrogens is 315 g/mol. The van der Waals surface area contributed by atoms with Crippen LogP contribution in [0, 0.1) is 0 Å². The topological polar surface area (TPSA) is 68.3 Å². The van der Waals surface area contributed by atoms with Crippen LogP contribution in [-0.4, -0.2) is 29.5 Å². The number of halogens is 2. The van der Waals surface area contributed by atoms with E-state index in [1.165, 1.54) is 18.6 Å². The van der Waals surface area contributed by atoms with Gasteiger partial charge in [-0.1, -0.05) is 42.5 Å².